The Morgan fingerprint density at radius 2 is 1.96 bits per heavy atom. The molecular weight excluding hydrogens is 310 g/mol. The summed E-state index contributed by atoms with van der Waals surface area (Å²) in [6, 6.07) is 13.5. The van der Waals surface area contributed by atoms with Gasteiger partial charge in [-0.25, -0.2) is 4.98 Å². The van der Waals surface area contributed by atoms with Crippen molar-refractivity contribution in [1.82, 2.24) is 14.5 Å². The average Bonchev–Trinajstić information content (AvgIpc) is 2.91. The van der Waals surface area contributed by atoms with Crippen molar-refractivity contribution in [3.8, 4) is 0 Å². The Morgan fingerprint density at radius 1 is 1.17 bits per heavy atom. The molecule has 0 saturated carbocycles. The molecule has 0 bridgehead atoms. The second kappa shape index (κ2) is 5.25. The van der Waals surface area contributed by atoms with Crippen LogP contribution in [0.3, 0.4) is 0 Å². The second-order valence-electron chi connectivity index (χ2n) is 5.70. The van der Waals surface area contributed by atoms with Crippen LogP contribution in [0.1, 0.15) is 11.1 Å². The largest absolute Gasteiger partial charge is 0.349 e. The van der Waals surface area contributed by atoms with E-state index in [0.29, 0.717) is 17.1 Å². The van der Waals surface area contributed by atoms with Gasteiger partial charge in [-0.15, -0.1) is 0 Å². The van der Waals surface area contributed by atoms with Crippen LogP contribution in [-0.4, -0.2) is 14.5 Å². The molecule has 114 valence electrons. The van der Waals surface area contributed by atoms with E-state index in [4.69, 9.17) is 11.6 Å². The summed E-state index contributed by atoms with van der Waals surface area (Å²) < 4.78 is 1.60. The summed E-state index contributed by atoms with van der Waals surface area (Å²) >= 11 is 5.90. The molecule has 2 aromatic carbocycles. The highest BCUT2D eigenvalue weighted by Gasteiger charge is 2.11. The van der Waals surface area contributed by atoms with E-state index in [0.717, 1.165) is 27.5 Å². The van der Waals surface area contributed by atoms with Crippen molar-refractivity contribution in [2.75, 3.05) is 0 Å². The number of H-pyrrole nitrogens is 1. The Kier molecular flexibility index (Phi) is 3.20. The maximum absolute atomic E-state index is 12.7. The molecule has 0 aliphatic heterocycles. The highest BCUT2D eigenvalue weighted by atomic mass is 35.5. The van der Waals surface area contributed by atoms with Crippen LogP contribution in [0.2, 0.25) is 5.02 Å². The van der Waals surface area contributed by atoms with E-state index >= 15 is 0 Å². The Hall–Kier alpha value is -2.59. The van der Waals surface area contributed by atoms with Crippen molar-refractivity contribution in [3.05, 3.63) is 75.3 Å². The van der Waals surface area contributed by atoms with Crippen LogP contribution < -0.4 is 5.56 Å². The molecule has 4 aromatic rings. The lowest BCUT2D eigenvalue weighted by Crippen LogP contribution is -2.21. The number of rotatable bonds is 2. The lowest BCUT2D eigenvalue weighted by atomic mass is 10.1. The van der Waals surface area contributed by atoms with Crippen LogP contribution in [0.4, 0.5) is 0 Å². The smallest absolute Gasteiger partial charge is 0.277 e. The molecule has 0 fully saturated rings. The molecule has 1 N–H and O–H groups in total. The summed E-state index contributed by atoms with van der Waals surface area (Å²) in [5, 5.41) is 1.66. The zero-order valence-electron chi connectivity index (χ0n) is 12.5. The molecular formula is C18H14ClN3O. The molecule has 2 aromatic heterocycles. The quantitative estimate of drug-likeness (QED) is 0.608. The molecule has 0 saturated heterocycles. The lowest BCUT2D eigenvalue weighted by Gasteiger charge is -2.05. The van der Waals surface area contributed by atoms with Crippen LogP contribution in [0.15, 0.2) is 53.6 Å². The van der Waals surface area contributed by atoms with Gasteiger partial charge in [-0.05, 0) is 36.8 Å². The monoisotopic (exact) mass is 323 g/mol. The molecule has 2 heterocycles. The summed E-state index contributed by atoms with van der Waals surface area (Å²) in [7, 11) is 0. The minimum Gasteiger partial charge on any atom is -0.349 e. The first-order valence-electron chi connectivity index (χ1n) is 7.34. The van der Waals surface area contributed by atoms with Crippen molar-refractivity contribution in [1.29, 1.82) is 0 Å². The zero-order chi connectivity index (χ0) is 16.0. The van der Waals surface area contributed by atoms with E-state index in [1.807, 2.05) is 49.4 Å². The first-order chi connectivity index (χ1) is 11.1. The van der Waals surface area contributed by atoms with Crippen molar-refractivity contribution in [2.45, 2.75) is 13.5 Å². The van der Waals surface area contributed by atoms with Gasteiger partial charge in [0, 0.05) is 15.9 Å². The maximum Gasteiger partial charge on any atom is 0.277 e. The molecule has 0 aliphatic carbocycles. The van der Waals surface area contributed by atoms with Gasteiger partial charge in [0.1, 0.15) is 11.0 Å². The van der Waals surface area contributed by atoms with Gasteiger partial charge in [0.2, 0.25) is 0 Å². The number of aromatic amines is 1. The standard InChI is InChI=1S/C18H14ClN3O/c1-11-2-7-15-14(8-11)16-17(21-15)18(23)22(10-20-16)9-12-3-5-13(19)6-4-12/h2-8,10,21H,9H2,1H3. The molecule has 0 radical (unpaired) electrons. The number of hydrogen-bond acceptors (Lipinski definition) is 2. The lowest BCUT2D eigenvalue weighted by molar-refractivity contribution is 0.747. The van der Waals surface area contributed by atoms with Gasteiger partial charge in [-0.3, -0.25) is 9.36 Å². The third-order valence-corrected chi connectivity index (χ3v) is 4.25. The first-order valence-corrected chi connectivity index (χ1v) is 7.71. The van der Waals surface area contributed by atoms with Gasteiger partial charge in [0.15, 0.2) is 0 Å². The van der Waals surface area contributed by atoms with E-state index in [1.165, 1.54) is 0 Å². The van der Waals surface area contributed by atoms with Crippen molar-refractivity contribution >= 4 is 33.5 Å². The Bertz CT molecular complexity index is 1080. The number of hydrogen-bond donors (Lipinski definition) is 1. The Balaban J connectivity index is 1.86. The number of nitrogens with one attached hydrogen (secondary N) is 1. The van der Waals surface area contributed by atoms with Gasteiger partial charge >= 0.3 is 0 Å². The molecule has 0 aliphatic rings. The molecule has 4 nitrogen and oxygen atoms in total. The van der Waals surface area contributed by atoms with Crippen molar-refractivity contribution in [2.24, 2.45) is 0 Å². The topological polar surface area (TPSA) is 50.7 Å². The summed E-state index contributed by atoms with van der Waals surface area (Å²) in [5.74, 6) is 0. The summed E-state index contributed by atoms with van der Waals surface area (Å²) in [5.41, 5.74) is 4.27. The van der Waals surface area contributed by atoms with Crippen LogP contribution >= 0.6 is 11.6 Å². The Labute approximate surface area is 137 Å². The van der Waals surface area contributed by atoms with Crippen LogP contribution in [0.5, 0.6) is 0 Å². The van der Waals surface area contributed by atoms with E-state index < -0.39 is 0 Å². The average molecular weight is 324 g/mol. The molecule has 5 heteroatoms. The number of benzene rings is 2. The predicted octanol–water partition coefficient (Wildman–Crippen LogP) is 3.89. The predicted molar refractivity (Wildman–Crippen MR) is 93.2 cm³/mol. The van der Waals surface area contributed by atoms with Crippen LogP contribution in [0.25, 0.3) is 21.9 Å². The van der Waals surface area contributed by atoms with Gasteiger partial charge < -0.3 is 4.98 Å². The van der Waals surface area contributed by atoms with E-state index in [2.05, 4.69) is 9.97 Å². The fourth-order valence-electron chi connectivity index (χ4n) is 2.80. The fraction of sp³-hybridized carbons (Fsp3) is 0.111. The second-order valence-corrected chi connectivity index (χ2v) is 6.14. The van der Waals surface area contributed by atoms with E-state index in [1.54, 1.807) is 10.9 Å². The minimum absolute atomic E-state index is 0.0706. The molecule has 23 heavy (non-hydrogen) atoms. The zero-order valence-corrected chi connectivity index (χ0v) is 13.3. The van der Waals surface area contributed by atoms with Gasteiger partial charge in [0.25, 0.3) is 5.56 Å². The summed E-state index contributed by atoms with van der Waals surface area (Å²) in [4.78, 5) is 20.4. The summed E-state index contributed by atoms with van der Waals surface area (Å²) in [6.07, 6.45) is 1.61. The van der Waals surface area contributed by atoms with Gasteiger partial charge in [-0.1, -0.05) is 35.4 Å². The third kappa shape index (κ3) is 2.41. The first kappa shape index (κ1) is 14.0. The number of aryl methyl sites for hydroxylation is 1. The van der Waals surface area contributed by atoms with Crippen LogP contribution in [-0.2, 0) is 6.54 Å². The van der Waals surface area contributed by atoms with Crippen molar-refractivity contribution in [3.63, 3.8) is 0 Å². The Morgan fingerprint density at radius 3 is 2.74 bits per heavy atom. The molecule has 0 unspecified atom stereocenters. The highest BCUT2D eigenvalue weighted by molar-refractivity contribution is 6.30. The van der Waals surface area contributed by atoms with Gasteiger partial charge in [-0.2, -0.15) is 0 Å². The third-order valence-electron chi connectivity index (χ3n) is 3.99. The minimum atomic E-state index is -0.0706. The fourth-order valence-corrected chi connectivity index (χ4v) is 2.93. The summed E-state index contributed by atoms with van der Waals surface area (Å²) in [6.45, 7) is 2.49. The number of halogens is 1. The maximum atomic E-state index is 12.7. The van der Waals surface area contributed by atoms with E-state index in [-0.39, 0.29) is 5.56 Å². The normalized spacial score (nSPS) is 11.4. The molecule has 4 rings (SSSR count). The number of nitrogens with zero attached hydrogens (tertiary/aromatic N) is 2. The highest BCUT2D eigenvalue weighted by Crippen LogP contribution is 2.22. The van der Waals surface area contributed by atoms with Crippen LogP contribution in [0, 0.1) is 6.92 Å². The van der Waals surface area contributed by atoms with Crippen molar-refractivity contribution < 1.29 is 0 Å². The number of aromatic nitrogens is 3. The molecule has 0 amide bonds. The van der Waals surface area contributed by atoms with Gasteiger partial charge in [0.05, 0.1) is 12.9 Å². The number of fused-ring (bicyclic) bond motifs is 3. The molecule has 0 atom stereocenters. The molecule has 0 spiro atoms. The van der Waals surface area contributed by atoms with E-state index in [9.17, 15) is 4.79 Å². The SMILES string of the molecule is Cc1ccc2[nH]c3c(=O)n(Cc4ccc(Cl)cc4)cnc3c2c1.